The Morgan fingerprint density at radius 3 is 3.00 bits per heavy atom. The van der Waals surface area contributed by atoms with Gasteiger partial charge in [0, 0.05) is 6.54 Å². The van der Waals surface area contributed by atoms with E-state index in [0.29, 0.717) is 16.4 Å². The fourth-order valence-electron chi connectivity index (χ4n) is 1.54. The maximum atomic E-state index is 11.9. The third-order valence-electron chi connectivity index (χ3n) is 3.10. The second kappa shape index (κ2) is 4.64. The van der Waals surface area contributed by atoms with Crippen LogP contribution >= 0.6 is 15.9 Å². The zero-order valence-electron chi connectivity index (χ0n) is 9.87. The minimum absolute atomic E-state index is 0.129. The van der Waals surface area contributed by atoms with Gasteiger partial charge in [-0.25, -0.2) is 4.68 Å². The summed E-state index contributed by atoms with van der Waals surface area (Å²) in [6.07, 6.45) is 5.83. The van der Waals surface area contributed by atoms with Gasteiger partial charge >= 0.3 is 0 Å². The van der Waals surface area contributed by atoms with Gasteiger partial charge in [-0.3, -0.25) is 4.79 Å². The zero-order chi connectivity index (χ0) is 12.5. The smallest absolute Gasteiger partial charge is 0.283 e. The average Bonchev–Trinajstić information content (AvgIpc) is 3.03. The van der Waals surface area contributed by atoms with E-state index in [1.54, 1.807) is 12.3 Å². The van der Waals surface area contributed by atoms with Gasteiger partial charge in [0.05, 0.1) is 18.4 Å². The number of hydrogen-bond donors (Lipinski definition) is 1. The zero-order valence-corrected chi connectivity index (χ0v) is 11.5. The summed E-state index contributed by atoms with van der Waals surface area (Å²) in [5.74, 6) is 0. The van der Waals surface area contributed by atoms with Gasteiger partial charge in [0.1, 0.15) is 4.47 Å². The van der Waals surface area contributed by atoms with Gasteiger partial charge in [-0.1, -0.05) is 13.0 Å². The van der Waals surface area contributed by atoms with Gasteiger partial charge in [0.2, 0.25) is 0 Å². The van der Waals surface area contributed by atoms with Crippen molar-refractivity contribution in [2.75, 3.05) is 11.9 Å². The lowest BCUT2D eigenvalue weighted by atomic mass is 10.1. The molecule has 1 fully saturated rings. The molecule has 1 N–H and O–H groups in total. The Morgan fingerprint density at radius 2 is 2.41 bits per heavy atom. The molecule has 0 saturated heterocycles. The Morgan fingerprint density at radius 1 is 1.71 bits per heavy atom. The van der Waals surface area contributed by atoms with E-state index in [4.69, 9.17) is 0 Å². The van der Waals surface area contributed by atoms with Crippen molar-refractivity contribution in [3.05, 3.63) is 33.7 Å². The van der Waals surface area contributed by atoms with Crippen molar-refractivity contribution < 1.29 is 0 Å². The van der Waals surface area contributed by atoms with E-state index in [2.05, 4.69) is 39.8 Å². The normalized spacial score (nSPS) is 16.6. The number of hydrogen-bond acceptors (Lipinski definition) is 3. The first-order chi connectivity index (χ1) is 8.06. The number of allylic oxidation sites excluding steroid dienone is 1. The second-order valence-electron chi connectivity index (χ2n) is 4.81. The average molecular weight is 298 g/mol. The summed E-state index contributed by atoms with van der Waals surface area (Å²) < 4.78 is 1.92. The first-order valence-corrected chi connectivity index (χ1v) is 6.45. The van der Waals surface area contributed by atoms with Crippen molar-refractivity contribution in [2.45, 2.75) is 26.3 Å². The molecule has 0 radical (unpaired) electrons. The van der Waals surface area contributed by atoms with Crippen molar-refractivity contribution in [3.8, 4) is 0 Å². The van der Waals surface area contributed by atoms with Crippen LogP contribution in [0.1, 0.15) is 19.8 Å². The van der Waals surface area contributed by atoms with Crippen LogP contribution in [0.4, 0.5) is 5.69 Å². The summed E-state index contributed by atoms with van der Waals surface area (Å²) in [5, 5.41) is 7.37. The van der Waals surface area contributed by atoms with E-state index in [1.807, 2.05) is 0 Å². The van der Waals surface area contributed by atoms with E-state index in [9.17, 15) is 4.79 Å². The van der Waals surface area contributed by atoms with Crippen molar-refractivity contribution in [1.82, 2.24) is 9.78 Å². The standard InChI is InChI=1S/C12H16BrN3O/c1-3-6-16-11(17)10(13)9(7-15-16)14-8-12(2)4-5-12/h3,7,14H,1,4-6,8H2,2H3. The molecule has 17 heavy (non-hydrogen) atoms. The number of anilines is 1. The van der Waals surface area contributed by atoms with Crippen LogP contribution in [0, 0.1) is 5.41 Å². The lowest BCUT2D eigenvalue weighted by Crippen LogP contribution is -2.24. The van der Waals surface area contributed by atoms with Crippen molar-refractivity contribution in [3.63, 3.8) is 0 Å². The predicted octanol–water partition coefficient (Wildman–Crippen LogP) is 2.40. The molecule has 1 aromatic rings. The van der Waals surface area contributed by atoms with Crippen LogP contribution in [0.3, 0.4) is 0 Å². The molecule has 4 nitrogen and oxygen atoms in total. The Balaban J connectivity index is 2.15. The summed E-state index contributed by atoms with van der Waals surface area (Å²) in [4.78, 5) is 11.9. The van der Waals surface area contributed by atoms with E-state index in [-0.39, 0.29) is 5.56 Å². The van der Waals surface area contributed by atoms with E-state index in [0.717, 1.165) is 12.2 Å². The van der Waals surface area contributed by atoms with Gasteiger partial charge in [-0.05, 0) is 34.2 Å². The fraction of sp³-hybridized carbons (Fsp3) is 0.500. The highest BCUT2D eigenvalue weighted by atomic mass is 79.9. The monoisotopic (exact) mass is 297 g/mol. The lowest BCUT2D eigenvalue weighted by Gasteiger charge is -2.13. The number of nitrogens with one attached hydrogen (secondary N) is 1. The summed E-state index contributed by atoms with van der Waals surface area (Å²) >= 11 is 3.32. The molecule has 0 unspecified atom stereocenters. The van der Waals surface area contributed by atoms with Crippen LogP contribution in [-0.2, 0) is 6.54 Å². The van der Waals surface area contributed by atoms with Gasteiger partial charge < -0.3 is 5.32 Å². The van der Waals surface area contributed by atoms with E-state index in [1.165, 1.54) is 17.5 Å². The molecule has 0 amide bonds. The highest BCUT2D eigenvalue weighted by Crippen LogP contribution is 2.44. The molecule has 0 bridgehead atoms. The van der Waals surface area contributed by atoms with Crippen LogP contribution in [0.15, 0.2) is 28.1 Å². The quantitative estimate of drug-likeness (QED) is 0.849. The number of rotatable bonds is 5. The van der Waals surface area contributed by atoms with Crippen LogP contribution in [0.2, 0.25) is 0 Å². The highest BCUT2D eigenvalue weighted by molar-refractivity contribution is 9.10. The van der Waals surface area contributed by atoms with E-state index < -0.39 is 0 Å². The summed E-state index contributed by atoms with van der Waals surface area (Å²) in [5.41, 5.74) is 1.04. The Kier molecular flexibility index (Phi) is 3.38. The Hall–Kier alpha value is -1.10. The molecular weight excluding hydrogens is 282 g/mol. The van der Waals surface area contributed by atoms with Crippen LogP contribution < -0.4 is 10.9 Å². The van der Waals surface area contributed by atoms with Gasteiger partial charge in [0.25, 0.3) is 5.56 Å². The van der Waals surface area contributed by atoms with Crippen molar-refractivity contribution in [2.24, 2.45) is 5.41 Å². The molecule has 0 spiro atoms. The topological polar surface area (TPSA) is 46.9 Å². The maximum absolute atomic E-state index is 11.9. The van der Waals surface area contributed by atoms with Crippen LogP contribution in [0.5, 0.6) is 0 Å². The molecule has 0 aliphatic heterocycles. The minimum atomic E-state index is -0.129. The largest absolute Gasteiger partial charge is 0.382 e. The SMILES string of the molecule is C=CCn1ncc(NCC2(C)CC2)c(Br)c1=O. The molecule has 0 aromatic carbocycles. The molecule has 1 saturated carbocycles. The maximum Gasteiger partial charge on any atom is 0.283 e. The summed E-state index contributed by atoms with van der Waals surface area (Å²) in [6, 6.07) is 0. The molecule has 0 atom stereocenters. The summed E-state index contributed by atoms with van der Waals surface area (Å²) in [6.45, 7) is 7.14. The first kappa shape index (κ1) is 12.4. The molecule has 2 rings (SSSR count). The minimum Gasteiger partial charge on any atom is -0.382 e. The van der Waals surface area contributed by atoms with Gasteiger partial charge in [-0.15, -0.1) is 6.58 Å². The van der Waals surface area contributed by atoms with Crippen molar-refractivity contribution >= 4 is 21.6 Å². The second-order valence-corrected chi connectivity index (χ2v) is 5.61. The van der Waals surface area contributed by atoms with Gasteiger partial charge in [-0.2, -0.15) is 5.10 Å². The molecule has 1 heterocycles. The molecule has 1 aliphatic rings. The number of nitrogens with zero attached hydrogens (tertiary/aromatic N) is 2. The number of aromatic nitrogens is 2. The van der Waals surface area contributed by atoms with Crippen molar-refractivity contribution in [1.29, 1.82) is 0 Å². The molecule has 5 heteroatoms. The number of halogens is 1. The van der Waals surface area contributed by atoms with Crippen LogP contribution in [-0.4, -0.2) is 16.3 Å². The fourth-order valence-corrected chi connectivity index (χ4v) is 1.99. The van der Waals surface area contributed by atoms with E-state index >= 15 is 0 Å². The predicted molar refractivity (Wildman–Crippen MR) is 72.2 cm³/mol. The Bertz CT molecular complexity index is 491. The highest BCUT2D eigenvalue weighted by Gasteiger charge is 2.36. The molecule has 1 aliphatic carbocycles. The molecule has 1 aromatic heterocycles. The lowest BCUT2D eigenvalue weighted by molar-refractivity contribution is 0.607. The third kappa shape index (κ3) is 2.77. The first-order valence-electron chi connectivity index (χ1n) is 5.66. The Labute approximate surface area is 109 Å². The third-order valence-corrected chi connectivity index (χ3v) is 3.86. The molecular formula is C12H16BrN3O. The molecule has 92 valence electrons. The van der Waals surface area contributed by atoms with Crippen LogP contribution in [0.25, 0.3) is 0 Å². The van der Waals surface area contributed by atoms with Gasteiger partial charge in [0.15, 0.2) is 0 Å². The summed E-state index contributed by atoms with van der Waals surface area (Å²) in [7, 11) is 0.